The van der Waals surface area contributed by atoms with Crippen LogP contribution in [0.2, 0.25) is 5.02 Å². The van der Waals surface area contributed by atoms with Gasteiger partial charge in [0.25, 0.3) is 5.91 Å². The number of rotatable bonds is 7. The van der Waals surface area contributed by atoms with Gasteiger partial charge in [-0.3, -0.25) is 9.89 Å². The molecule has 0 atom stereocenters. The highest BCUT2D eigenvalue weighted by Gasteiger charge is 2.20. The number of benzene rings is 2. The van der Waals surface area contributed by atoms with Crippen LogP contribution in [0.15, 0.2) is 54.6 Å². The summed E-state index contributed by atoms with van der Waals surface area (Å²) in [6.45, 7) is 1.53. The van der Waals surface area contributed by atoms with Gasteiger partial charge in [-0.15, -0.1) is 0 Å². The van der Waals surface area contributed by atoms with Crippen molar-refractivity contribution in [3.05, 3.63) is 70.9 Å². The Morgan fingerprint density at radius 3 is 2.67 bits per heavy atom. The molecule has 1 N–H and O–H groups in total. The lowest BCUT2D eigenvalue weighted by Gasteiger charge is -2.22. The molecule has 1 heterocycles. The van der Waals surface area contributed by atoms with Crippen LogP contribution in [0, 0.1) is 18.3 Å². The van der Waals surface area contributed by atoms with Crippen LogP contribution < -0.4 is 4.90 Å². The third-order valence-corrected chi connectivity index (χ3v) is 4.82. The van der Waals surface area contributed by atoms with Crippen molar-refractivity contribution in [1.82, 2.24) is 10.2 Å². The molecule has 0 bridgehead atoms. The standard InChI is InChI=1S/C22H19ClN4O3/c1-15-12-17(8-9-18(15)23)27(11-5-10-24)21(28)14-30-22(29)20-13-19(25-26-20)16-6-3-2-4-7-16/h2-4,6-9,12-13H,5,11,14H2,1H3,(H,25,26). The molecule has 0 radical (unpaired) electrons. The quantitative estimate of drug-likeness (QED) is 0.577. The molecule has 1 amide bonds. The van der Waals surface area contributed by atoms with E-state index in [1.807, 2.05) is 43.3 Å². The fourth-order valence-electron chi connectivity index (χ4n) is 2.82. The van der Waals surface area contributed by atoms with Gasteiger partial charge in [0.1, 0.15) is 5.69 Å². The van der Waals surface area contributed by atoms with Crippen molar-refractivity contribution >= 4 is 29.2 Å². The summed E-state index contributed by atoms with van der Waals surface area (Å²) in [6, 6.07) is 18.1. The van der Waals surface area contributed by atoms with Gasteiger partial charge in [-0.25, -0.2) is 4.79 Å². The number of nitriles is 1. The van der Waals surface area contributed by atoms with E-state index in [0.29, 0.717) is 16.4 Å². The predicted octanol–water partition coefficient (Wildman–Crippen LogP) is 4.14. The zero-order chi connectivity index (χ0) is 21.5. The van der Waals surface area contributed by atoms with E-state index in [-0.39, 0.29) is 18.7 Å². The average Bonchev–Trinajstić information content (AvgIpc) is 3.26. The molecule has 0 saturated carbocycles. The summed E-state index contributed by atoms with van der Waals surface area (Å²) in [4.78, 5) is 26.4. The number of esters is 1. The zero-order valence-corrected chi connectivity index (χ0v) is 17.0. The normalized spacial score (nSPS) is 10.3. The summed E-state index contributed by atoms with van der Waals surface area (Å²) >= 11 is 6.05. The summed E-state index contributed by atoms with van der Waals surface area (Å²) in [5.74, 6) is -1.13. The highest BCUT2D eigenvalue weighted by molar-refractivity contribution is 6.31. The monoisotopic (exact) mass is 422 g/mol. The maximum atomic E-state index is 12.7. The van der Waals surface area contributed by atoms with Gasteiger partial charge in [0.05, 0.1) is 18.2 Å². The summed E-state index contributed by atoms with van der Waals surface area (Å²) in [5, 5.41) is 16.2. The van der Waals surface area contributed by atoms with Crippen molar-refractivity contribution in [3.63, 3.8) is 0 Å². The van der Waals surface area contributed by atoms with Crippen molar-refractivity contribution in [2.45, 2.75) is 13.3 Å². The lowest BCUT2D eigenvalue weighted by atomic mass is 10.1. The van der Waals surface area contributed by atoms with E-state index < -0.39 is 18.5 Å². The van der Waals surface area contributed by atoms with Gasteiger partial charge in [-0.2, -0.15) is 10.4 Å². The molecule has 152 valence electrons. The molecule has 0 unspecified atom stereocenters. The van der Waals surface area contributed by atoms with Crippen LogP contribution in [0.4, 0.5) is 5.69 Å². The Labute approximate surface area is 178 Å². The minimum atomic E-state index is -0.689. The number of nitrogens with zero attached hydrogens (tertiary/aromatic N) is 3. The van der Waals surface area contributed by atoms with Crippen molar-refractivity contribution in [3.8, 4) is 17.3 Å². The molecule has 3 rings (SSSR count). The first kappa shape index (κ1) is 21.1. The van der Waals surface area contributed by atoms with Crippen LogP contribution in [0.25, 0.3) is 11.3 Å². The minimum Gasteiger partial charge on any atom is -0.451 e. The number of aromatic nitrogens is 2. The zero-order valence-electron chi connectivity index (χ0n) is 16.3. The van der Waals surface area contributed by atoms with Crippen LogP contribution in [0.1, 0.15) is 22.5 Å². The second-order valence-corrected chi connectivity index (χ2v) is 6.90. The molecule has 0 aliphatic carbocycles. The molecular formula is C22H19ClN4O3. The number of anilines is 1. The smallest absolute Gasteiger partial charge is 0.356 e. The van der Waals surface area contributed by atoms with E-state index in [9.17, 15) is 9.59 Å². The van der Waals surface area contributed by atoms with Gasteiger partial charge in [-0.05, 0) is 36.8 Å². The second kappa shape index (κ2) is 9.72. The number of hydrogen-bond acceptors (Lipinski definition) is 5. The Balaban J connectivity index is 1.67. The number of nitrogens with one attached hydrogen (secondary N) is 1. The first-order chi connectivity index (χ1) is 14.5. The van der Waals surface area contributed by atoms with E-state index >= 15 is 0 Å². The number of aryl methyl sites for hydroxylation is 1. The highest BCUT2D eigenvalue weighted by atomic mass is 35.5. The molecule has 8 heteroatoms. The third kappa shape index (κ3) is 5.04. The van der Waals surface area contributed by atoms with E-state index in [4.69, 9.17) is 21.6 Å². The van der Waals surface area contributed by atoms with Gasteiger partial charge in [0.2, 0.25) is 0 Å². The van der Waals surface area contributed by atoms with Crippen LogP contribution in [0.3, 0.4) is 0 Å². The maximum absolute atomic E-state index is 12.7. The first-order valence-corrected chi connectivity index (χ1v) is 9.59. The fourth-order valence-corrected chi connectivity index (χ4v) is 2.94. The fraction of sp³-hybridized carbons (Fsp3) is 0.182. The molecule has 0 aliphatic rings. The highest BCUT2D eigenvalue weighted by Crippen LogP contribution is 2.23. The number of carbonyl (C=O) groups excluding carboxylic acids is 2. The van der Waals surface area contributed by atoms with E-state index in [1.54, 1.807) is 24.3 Å². The second-order valence-electron chi connectivity index (χ2n) is 6.50. The molecule has 2 aromatic carbocycles. The number of hydrogen-bond donors (Lipinski definition) is 1. The molecule has 7 nitrogen and oxygen atoms in total. The molecule has 1 aromatic heterocycles. The Bertz CT molecular complexity index is 1090. The summed E-state index contributed by atoms with van der Waals surface area (Å²) in [7, 11) is 0. The molecule has 3 aromatic rings. The van der Waals surface area contributed by atoms with E-state index in [2.05, 4.69) is 10.2 Å². The van der Waals surface area contributed by atoms with Crippen molar-refractivity contribution in [1.29, 1.82) is 5.26 Å². The molecule has 0 saturated heterocycles. The van der Waals surface area contributed by atoms with E-state index in [0.717, 1.165) is 11.1 Å². The number of aromatic amines is 1. The van der Waals surface area contributed by atoms with Crippen LogP contribution in [-0.2, 0) is 9.53 Å². The van der Waals surface area contributed by atoms with E-state index in [1.165, 1.54) is 4.90 Å². The summed E-state index contributed by atoms with van der Waals surface area (Å²) in [5.41, 5.74) is 2.98. The lowest BCUT2D eigenvalue weighted by Crippen LogP contribution is -2.35. The average molecular weight is 423 g/mol. The largest absolute Gasteiger partial charge is 0.451 e. The summed E-state index contributed by atoms with van der Waals surface area (Å²) in [6.07, 6.45) is 0.141. The van der Waals surface area contributed by atoms with Crippen LogP contribution in [-0.4, -0.2) is 35.2 Å². The lowest BCUT2D eigenvalue weighted by molar-refractivity contribution is -0.121. The Morgan fingerprint density at radius 2 is 1.97 bits per heavy atom. The van der Waals surface area contributed by atoms with Gasteiger partial charge >= 0.3 is 5.97 Å². The molecule has 0 aliphatic heterocycles. The van der Waals surface area contributed by atoms with Gasteiger partial charge < -0.3 is 9.64 Å². The number of ether oxygens (including phenoxy) is 1. The van der Waals surface area contributed by atoms with Crippen molar-refractivity contribution in [2.75, 3.05) is 18.1 Å². The molecular weight excluding hydrogens is 404 g/mol. The van der Waals surface area contributed by atoms with Crippen LogP contribution in [0.5, 0.6) is 0 Å². The van der Waals surface area contributed by atoms with Gasteiger partial charge in [0, 0.05) is 22.8 Å². The van der Waals surface area contributed by atoms with Gasteiger partial charge in [-0.1, -0.05) is 41.9 Å². The number of carbonyl (C=O) groups is 2. The number of halogens is 1. The summed E-state index contributed by atoms with van der Waals surface area (Å²) < 4.78 is 5.17. The predicted molar refractivity (Wildman–Crippen MR) is 113 cm³/mol. The minimum absolute atomic E-state index is 0.141. The Kier molecular flexibility index (Phi) is 6.83. The topological polar surface area (TPSA) is 99.1 Å². The van der Waals surface area contributed by atoms with Gasteiger partial charge in [0.15, 0.2) is 6.61 Å². The third-order valence-electron chi connectivity index (χ3n) is 4.40. The van der Waals surface area contributed by atoms with Crippen molar-refractivity contribution < 1.29 is 14.3 Å². The Hall–Kier alpha value is -3.63. The van der Waals surface area contributed by atoms with Crippen molar-refractivity contribution in [2.24, 2.45) is 0 Å². The number of H-pyrrole nitrogens is 1. The molecule has 0 spiro atoms. The number of amides is 1. The molecule has 30 heavy (non-hydrogen) atoms. The Morgan fingerprint density at radius 1 is 1.20 bits per heavy atom. The first-order valence-electron chi connectivity index (χ1n) is 9.21. The molecule has 0 fully saturated rings. The van der Waals surface area contributed by atoms with Crippen LogP contribution >= 0.6 is 11.6 Å². The SMILES string of the molecule is Cc1cc(N(CCC#N)C(=O)COC(=O)c2cc(-c3ccccc3)n[nH]2)ccc1Cl. The maximum Gasteiger partial charge on any atom is 0.356 e.